The Hall–Kier alpha value is -1.11. The lowest BCUT2D eigenvalue weighted by atomic mass is 10.1. The molecule has 0 amide bonds. The molecule has 1 fully saturated rings. The third-order valence-electron chi connectivity index (χ3n) is 3.81. The smallest absolute Gasteiger partial charge is 0.328 e. The zero-order valence-corrected chi connectivity index (χ0v) is 13.4. The maximum Gasteiger partial charge on any atom is 0.328 e. The monoisotopic (exact) mass is 331 g/mol. The van der Waals surface area contributed by atoms with Gasteiger partial charge in [0.25, 0.3) is 0 Å². The second-order valence-corrected chi connectivity index (χ2v) is 7.91. The number of carbonyl (C=O) groups is 1. The van der Waals surface area contributed by atoms with Crippen LogP contribution >= 0.6 is 11.6 Å². The molecule has 0 bridgehead atoms. The molecule has 2 rings (SSSR count). The van der Waals surface area contributed by atoms with Gasteiger partial charge in [-0.25, -0.2) is 13.2 Å². The molecule has 1 saturated carbocycles. The fourth-order valence-corrected chi connectivity index (χ4v) is 4.82. The lowest BCUT2D eigenvalue weighted by Gasteiger charge is -2.11. The minimum absolute atomic E-state index is 0.0763. The van der Waals surface area contributed by atoms with Crippen LogP contribution in [0.3, 0.4) is 0 Å². The van der Waals surface area contributed by atoms with Gasteiger partial charge in [-0.2, -0.15) is 0 Å². The highest BCUT2D eigenvalue weighted by molar-refractivity contribution is 7.92. The van der Waals surface area contributed by atoms with Gasteiger partial charge in [0, 0.05) is 16.7 Å². The van der Waals surface area contributed by atoms with E-state index in [1.165, 1.54) is 6.92 Å². The predicted molar refractivity (Wildman–Crippen MR) is 81.0 cm³/mol. The lowest BCUT2D eigenvalue weighted by molar-refractivity contribution is -0.145. The first-order chi connectivity index (χ1) is 9.79. The van der Waals surface area contributed by atoms with E-state index < -0.39 is 32.5 Å². The quantitative estimate of drug-likeness (QED) is 0.826. The number of sulfone groups is 1. The number of rotatable bonds is 5. The predicted octanol–water partition coefficient (Wildman–Crippen LogP) is 1.50. The van der Waals surface area contributed by atoms with Gasteiger partial charge in [-0.15, -0.1) is 0 Å². The topological polar surface area (TPSA) is 86.5 Å². The molecule has 1 aromatic rings. The summed E-state index contributed by atoms with van der Waals surface area (Å²) < 4.78 is 29.4. The molecule has 2 N–H and O–H groups in total. The second kappa shape index (κ2) is 5.59. The Morgan fingerprint density at radius 1 is 1.43 bits per heavy atom. The van der Waals surface area contributed by atoms with Crippen LogP contribution in [0.25, 0.3) is 0 Å². The van der Waals surface area contributed by atoms with Crippen LogP contribution in [-0.2, 0) is 19.4 Å². The molecule has 0 unspecified atom stereocenters. The van der Waals surface area contributed by atoms with Crippen molar-refractivity contribution in [3.63, 3.8) is 0 Å². The summed E-state index contributed by atoms with van der Waals surface area (Å²) in [5.41, 5.74) is 5.22. The van der Waals surface area contributed by atoms with E-state index in [0.717, 1.165) is 0 Å². The summed E-state index contributed by atoms with van der Waals surface area (Å²) in [7, 11) is -3.48. The van der Waals surface area contributed by atoms with Crippen molar-refractivity contribution in [2.45, 2.75) is 30.6 Å². The summed E-state index contributed by atoms with van der Waals surface area (Å²) in [6, 6.07) is 6.75. The van der Waals surface area contributed by atoms with Crippen LogP contribution in [0.15, 0.2) is 24.3 Å². The highest BCUT2D eigenvalue weighted by atomic mass is 35.5. The maximum absolute atomic E-state index is 12.2. The molecule has 1 aliphatic rings. The minimum Gasteiger partial charge on any atom is -0.465 e. The van der Waals surface area contributed by atoms with Crippen molar-refractivity contribution >= 4 is 27.4 Å². The van der Waals surface area contributed by atoms with Gasteiger partial charge in [-0.3, -0.25) is 0 Å². The van der Waals surface area contributed by atoms with Crippen molar-refractivity contribution in [2.24, 2.45) is 5.73 Å². The Bertz CT molecular complexity index is 661. The van der Waals surface area contributed by atoms with Crippen molar-refractivity contribution in [1.29, 1.82) is 0 Å². The van der Waals surface area contributed by atoms with E-state index in [1.54, 1.807) is 31.2 Å². The first-order valence-electron chi connectivity index (χ1n) is 6.72. The molecular formula is C14H18ClNO4S. The standard InChI is InChI=1S/C14H18ClNO4S/c1-3-20-13(17)14(16)11(12(14)21(18,19)4-2)9-6-5-7-10(15)8-9/h5-8,11-12H,3-4,16H2,1-2H3/t11-,12-,14+/m1/s1. The van der Waals surface area contributed by atoms with E-state index >= 15 is 0 Å². The zero-order chi connectivity index (χ0) is 15.8. The summed E-state index contributed by atoms with van der Waals surface area (Å²) in [6.07, 6.45) is 0. The summed E-state index contributed by atoms with van der Waals surface area (Å²) >= 11 is 5.94. The zero-order valence-electron chi connectivity index (χ0n) is 11.9. The Morgan fingerprint density at radius 2 is 2.10 bits per heavy atom. The molecule has 7 heteroatoms. The number of benzene rings is 1. The molecular weight excluding hydrogens is 314 g/mol. The molecule has 0 heterocycles. The highest BCUT2D eigenvalue weighted by Crippen LogP contribution is 2.55. The summed E-state index contributed by atoms with van der Waals surface area (Å²) in [6.45, 7) is 3.34. The Labute approximate surface area is 129 Å². The third kappa shape index (κ3) is 2.67. The van der Waals surface area contributed by atoms with E-state index in [-0.39, 0.29) is 12.4 Å². The number of hydrogen-bond donors (Lipinski definition) is 1. The van der Waals surface area contributed by atoms with Crippen LogP contribution in [0.2, 0.25) is 5.02 Å². The second-order valence-electron chi connectivity index (χ2n) is 5.06. The van der Waals surface area contributed by atoms with Gasteiger partial charge < -0.3 is 10.5 Å². The molecule has 21 heavy (non-hydrogen) atoms. The van der Waals surface area contributed by atoms with E-state index in [9.17, 15) is 13.2 Å². The molecule has 0 saturated heterocycles. The molecule has 3 atom stereocenters. The highest BCUT2D eigenvalue weighted by Gasteiger charge is 2.74. The van der Waals surface area contributed by atoms with Crippen LogP contribution in [0.5, 0.6) is 0 Å². The number of carbonyl (C=O) groups excluding carboxylic acids is 1. The number of halogens is 1. The molecule has 1 aromatic carbocycles. The largest absolute Gasteiger partial charge is 0.465 e. The van der Waals surface area contributed by atoms with E-state index in [0.29, 0.717) is 10.6 Å². The fraction of sp³-hybridized carbons (Fsp3) is 0.500. The molecule has 0 aliphatic heterocycles. The summed E-state index contributed by atoms with van der Waals surface area (Å²) in [5, 5.41) is -0.495. The minimum atomic E-state index is -3.48. The summed E-state index contributed by atoms with van der Waals surface area (Å²) in [5.74, 6) is -1.38. The van der Waals surface area contributed by atoms with Gasteiger partial charge in [-0.05, 0) is 24.6 Å². The summed E-state index contributed by atoms with van der Waals surface area (Å²) in [4.78, 5) is 12.1. The lowest BCUT2D eigenvalue weighted by Crippen LogP contribution is -2.41. The van der Waals surface area contributed by atoms with Crippen LogP contribution < -0.4 is 5.73 Å². The average molecular weight is 332 g/mol. The maximum atomic E-state index is 12.2. The SMILES string of the molecule is CCOC(=O)[C@]1(N)[C@H](c2cccc(Cl)c2)[C@H]1S(=O)(=O)CC. The number of esters is 1. The Balaban J connectivity index is 2.45. The van der Waals surface area contributed by atoms with Crippen molar-refractivity contribution in [3.05, 3.63) is 34.9 Å². The normalized spacial score (nSPS) is 28.2. The van der Waals surface area contributed by atoms with Crippen LogP contribution in [0.4, 0.5) is 0 Å². The fourth-order valence-electron chi connectivity index (χ4n) is 2.71. The Morgan fingerprint density at radius 3 is 2.62 bits per heavy atom. The van der Waals surface area contributed by atoms with Crippen molar-refractivity contribution in [2.75, 3.05) is 12.4 Å². The molecule has 116 valence electrons. The van der Waals surface area contributed by atoms with Gasteiger partial charge in [0.15, 0.2) is 9.84 Å². The van der Waals surface area contributed by atoms with Gasteiger partial charge in [0.2, 0.25) is 0 Å². The Kier molecular flexibility index (Phi) is 4.33. The molecule has 5 nitrogen and oxygen atoms in total. The molecule has 1 aliphatic carbocycles. The van der Waals surface area contributed by atoms with Crippen molar-refractivity contribution < 1.29 is 17.9 Å². The van der Waals surface area contributed by atoms with Crippen molar-refractivity contribution in [1.82, 2.24) is 0 Å². The van der Waals surface area contributed by atoms with Crippen LogP contribution in [0.1, 0.15) is 25.3 Å². The first-order valence-corrected chi connectivity index (χ1v) is 8.81. The first kappa shape index (κ1) is 16.3. The van der Waals surface area contributed by atoms with Gasteiger partial charge in [-0.1, -0.05) is 30.7 Å². The molecule has 0 aromatic heterocycles. The van der Waals surface area contributed by atoms with Crippen molar-refractivity contribution in [3.8, 4) is 0 Å². The number of hydrogen-bond acceptors (Lipinski definition) is 5. The van der Waals surface area contributed by atoms with E-state index in [4.69, 9.17) is 22.1 Å². The van der Waals surface area contributed by atoms with E-state index in [1.807, 2.05) is 0 Å². The van der Waals surface area contributed by atoms with Crippen LogP contribution in [0, 0.1) is 0 Å². The van der Waals surface area contributed by atoms with Gasteiger partial charge in [0.05, 0.1) is 11.9 Å². The van der Waals surface area contributed by atoms with E-state index in [2.05, 4.69) is 0 Å². The number of nitrogens with two attached hydrogens (primary N) is 1. The van der Waals surface area contributed by atoms with Crippen LogP contribution in [-0.4, -0.2) is 37.5 Å². The molecule has 0 radical (unpaired) electrons. The average Bonchev–Trinajstić information content (AvgIpc) is 3.08. The molecule has 0 spiro atoms. The van der Waals surface area contributed by atoms with Gasteiger partial charge in [0.1, 0.15) is 5.54 Å². The van der Waals surface area contributed by atoms with Gasteiger partial charge >= 0.3 is 5.97 Å². The third-order valence-corrected chi connectivity index (χ3v) is 6.28. The number of ether oxygens (including phenoxy) is 1.